The highest BCUT2D eigenvalue weighted by molar-refractivity contribution is 7.94. The van der Waals surface area contributed by atoms with E-state index >= 15 is 0 Å². The maximum atomic E-state index is 13.7. The maximum Gasteiger partial charge on any atom is 0.318 e. The number of benzene rings is 3. The van der Waals surface area contributed by atoms with Crippen molar-refractivity contribution in [3.8, 4) is 0 Å². The molecule has 4 rings (SSSR count). The summed E-state index contributed by atoms with van der Waals surface area (Å²) in [6.07, 6.45) is 3.37. The summed E-state index contributed by atoms with van der Waals surface area (Å²) in [5.74, 6) is -0.598. The van der Waals surface area contributed by atoms with Crippen LogP contribution in [0.15, 0.2) is 107 Å². The fourth-order valence-corrected chi connectivity index (χ4v) is 5.93. The van der Waals surface area contributed by atoms with Gasteiger partial charge in [-0.2, -0.15) is 0 Å². The van der Waals surface area contributed by atoms with Gasteiger partial charge in [-0.25, -0.2) is 13.2 Å². The van der Waals surface area contributed by atoms with Crippen LogP contribution in [-0.2, 0) is 25.8 Å². The molecular weight excluding hydrogens is 592 g/mol. The van der Waals surface area contributed by atoms with Crippen LogP contribution in [0.5, 0.6) is 0 Å². The minimum atomic E-state index is -3.75. The molecule has 0 aliphatic carbocycles. The fourth-order valence-electron chi connectivity index (χ4n) is 4.84. The number of urea groups is 1. The van der Waals surface area contributed by atoms with Gasteiger partial charge in [0.2, 0.25) is 5.91 Å². The van der Waals surface area contributed by atoms with Crippen molar-refractivity contribution < 1.29 is 27.5 Å². The van der Waals surface area contributed by atoms with E-state index < -0.39 is 27.8 Å². The van der Waals surface area contributed by atoms with Crippen molar-refractivity contribution in [1.29, 1.82) is 0 Å². The van der Waals surface area contributed by atoms with E-state index in [0.29, 0.717) is 57.7 Å². The summed E-state index contributed by atoms with van der Waals surface area (Å²) in [5.41, 5.74) is 1.44. The molecule has 1 aliphatic heterocycles. The second-order valence-electron chi connectivity index (χ2n) is 10.7. The van der Waals surface area contributed by atoms with E-state index in [-0.39, 0.29) is 23.3 Å². The van der Waals surface area contributed by atoms with E-state index in [1.807, 2.05) is 36.4 Å². The first-order valence-corrected chi connectivity index (χ1v) is 16.7. The normalized spacial score (nSPS) is 14.8. The van der Waals surface area contributed by atoms with Gasteiger partial charge in [0.25, 0.3) is 5.91 Å². The number of carbonyl (C=O) groups excluding carboxylic acids is 3. The zero-order chi connectivity index (χ0) is 31.9. The van der Waals surface area contributed by atoms with Gasteiger partial charge in [-0.05, 0) is 49.1 Å². The van der Waals surface area contributed by atoms with Crippen molar-refractivity contribution in [2.45, 2.75) is 42.7 Å². The van der Waals surface area contributed by atoms with Crippen LogP contribution in [0.4, 0.5) is 4.79 Å². The van der Waals surface area contributed by atoms with Gasteiger partial charge in [-0.15, -0.1) is 0 Å². The van der Waals surface area contributed by atoms with Gasteiger partial charge < -0.3 is 25.6 Å². The molecule has 0 aromatic heterocycles. The van der Waals surface area contributed by atoms with Crippen molar-refractivity contribution in [3.63, 3.8) is 0 Å². The number of sulfone groups is 1. The molecule has 45 heavy (non-hydrogen) atoms. The molecule has 3 aromatic rings. The van der Waals surface area contributed by atoms with Crippen LogP contribution in [0.25, 0.3) is 0 Å². The summed E-state index contributed by atoms with van der Waals surface area (Å²) < 4.78 is 31.3. The molecule has 10 nitrogen and oxygen atoms in total. The highest BCUT2D eigenvalue weighted by Crippen LogP contribution is 2.14. The third kappa shape index (κ3) is 10.9. The number of hydrogen-bond acceptors (Lipinski definition) is 6. The number of nitrogens with zero attached hydrogens (tertiary/aromatic N) is 1. The number of rotatable bonds is 14. The quantitative estimate of drug-likeness (QED) is 0.232. The molecule has 0 radical (unpaired) electrons. The molecule has 0 unspecified atom stereocenters. The first-order chi connectivity index (χ1) is 21.8. The predicted molar refractivity (Wildman–Crippen MR) is 172 cm³/mol. The Bertz CT molecular complexity index is 1510. The summed E-state index contributed by atoms with van der Waals surface area (Å²) in [4.78, 5) is 40.9. The molecule has 3 aromatic carbocycles. The Morgan fingerprint density at radius 3 is 2.11 bits per heavy atom. The molecule has 1 saturated heterocycles. The second-order valence-corrected chi connectivity index (χ2v) is 12.5. The number of unbranched alkanes of at least 4 members (excludes halogenated alkanes) is 1. The lowest BCUT2D eigenvalue weighted by Gasteiger charge is -2.29. The molecule has 1 heterocycles. The van der Waals surface area contributed by atoms with Crippen molar-refractivity contribution in [2.75, 3.05) is 32.8 Å². The summed E-state index contributed by atoms with van der Waals surface area (Å²) in [5, 5.41) is 9.83. The van der Waals surface area contributed by atoms with Gasteiger partial charge in [-0.3, -0.25) is 9.59 Å². The van der Waals surface area contributed by atoms with E-state index in [4.69, 9.17) is 4.74 Å². The van der Waals surface area contributed by atoms with Crippen molar-refractivity contribution >= 4 is 27.7 Å². The van der Waals surface area contributed by atoms with Gasteiger partial charge in [0, 0.05) is 43.1 Å². The molecule has 0 saturated carbocycles. The zero-order valence-corrected chi connectivity index (χ0v) is 26.0. The zero-order valence-electron chi connectivity index (χ0n) is 25.1. The van der Waals surface area contributed by atoms with Crippen molar-refractivity contribution in [1.82, 2.24) is 20.9 Å². The monoisotopic (exact) mass is 632 g/mol. The Morgan fingerprint density at radius 1 is 0.822 bits per heavy atom. The third-order valence-corrected chi connectivity index (χ3v) is 8.79. The standard InChI is InChI=1S/C34H40N4O6S/c39-32(28-14-6-2-7-15-28)35-20-11-10-16-29(19-25-45(42,43)30-17-8-3-9-18-30)36-33(40)31(26-27-12-4-1-5-13-27)37-34(41)38-21-23-44-24-22-38/h1-9,12-15,17-19,25,29,31H,10-11,16,20-24,26H2,(H,35,39)(H,36,40)(H,37,41)/t29-,31-/m0/s1. The molecule has 2 atom stereocenters. The largest absolute Gasteiger partial charge is 0.378 e. The molecule has 11 heteroatoms. The van der Waals surface area contributed by atoms with E-state index in [9.17, 15) is 22.8 Å². The minimum absolute atomic E-state index is 0.148. The Hall–Kier alpha value is -4.48. The Morgan fingerprint density at radius 2 is 1.44 bits per heavy atom. The molecule has 1 aliphatic rings. The van der Waals surface area contributed by atoms with Crippen LogP contribution in [0.3, 0.4) is 0 Å². The lowest BCUT2D eigenvalue weighted by molar-refractivity contribution is -0.123. The number of carbonyl (C=O) groups is 3. The molecule has 4 amide bonds. The van der Waals surface area contributed by atoms with Crippen LogP contribution < -0.4 is 16.0 Å². The molecule has 0 spiro atoms. The summed E-state index contributed by atoms with van der Waals surface area (Å²) in [6, 6.07) is 24.5. The van der Waals surface area contributed by atoms with Gasteiger partial charge in [0.15, 0.2) is 9.84 Å². The Labute approximate surface area is 264 Å². The Kier molecular flexibility index (Phi) is 12.7. The summed E-state index contributed by atoms with van der Waals surface area (Å²) >= 11 is 0. The maximum absolute atomic E-state index is 13.7. The van der Waals surface area contributed by atoms with E-state index in [1.165, 1.54) is 18.2 Å². The smallest absolute Gasteiger partial charge is 0.318 e. The number of amides is 4. The summed E-state index contributed by atoms with van der Waals surface area (Å²) in [7, 11) is -3.75. The lowest BCUT2D eigenvalue weighted by Crippen LogP contribution is -2.55. The average molecular weight is 633 g/mol. The predicted octanol–water partition coefficient (Wildman–Crippen LogP) is 3.71. The molecule has 1 fully saturated rings. The fraction of sp³-hybridized carbons (Fsp3) is 0.324. The van der Waals surface area contributed by atoms with Gasteiger partial charge in [0.1, 0.15) is 6.04 Å². The van der Waals surface area contributed by atoms with Gasteiger partial charge in [0.05, 0.1) is 18.1 Å². The van der Waals surface area contributed by atoms with Crippen molar-refractivity contribution in [2.24, 2.45) is 0 Å². The third-order valence-electron chi connectivity index (χ3n) is 7.35. The van der Waals surface area contributed by atoms with Gasteiger partial charge >= 0.3 is 6.03 Å². The number of morpholine rings is 1. The van der Waals surface area contributed by atoms with Crippen LogP contribution >= 0.6 is 0 Å². The average Bonchev–Trinajstić information content (AvgIpc) is 3.08. The topological polar surface area (TPSA) is 134 Å². The van der Waals surface area contributed by atoms with Gasteiger partial charge in [-0.1, -0.05) is 72.8 Å². The summed E-state index contributed by atoms with van der Waals surface area (Å²) in [6.45, 7) is 2.13. The lowest BCUT2D eigenvalue weighted by atomic mass is 10.0. The number of ether oxygens (including phenoxy) is 1. The second kappa shape index (κ2) is 17.1. The number of hydrogen-bond donors (Lipinski definition) is 3. The highest BCUT2D eigenvalue weighted by atomic mass is 32.2. The molecule has 0 bridgehead atoms. The Balaban J connectivity index is 1.44. The highest BCUT2D eigenvalue weighted by Gasteiger charge is 2.26. The first kappa shape index (κ1) is 33.4. The van der Waals surface area contributed by atoms with Crippen LogP contribution in [0, 0.1) is 0 Å². The first-order valence-electron chi connectivity index (χ1n) is 15.1. The van der Waals surface area contributed by atoms with E-state index in [2.05, 4.69) is 16.0 Å². The van der Waals surface area contributed by atoms with Crippen LogP contribution in [0.2, 0.25) is 0 Å². The molecule has 238 valence electrons. The molecular formula is C34H40N4O6S. The number of nitrogens with one attached hydrogen (secondary N) is 3. The van der Waals surface area contributed by atoms with Crippen molar-refractivity contribution in [3.05, 3.63) is 114 Å². The SMILES string of the molecule is O=C(NCCCC[C@@H](C=CS(=O)(=O)c1ccccc1)NC(=O)[C@H](Cc1ccccc1)NC(=O)N1CCOCC1)c1ccccc1. The van der Waals surface area contributed by atoms with Crippen LogP contribution in [-0.4, -0.2) is 76.1 Å². The van der Waals surface area contributed by atoms with Crippen LogP contribution in [0.1, 0.15) is 35.2 Å². The van der Waals surface area contributed by atoms with E-state index in [1.54, 1.807) is 47.4 Å². The van der Waals surface area contributed by atoms with E-state index in [0.717, 1.165) is 11.0 Å². The molecule has 3 N–H and O–H groups in total. The minimum Gasteiger partial charge on any atom is -0.378 e.